The lowest BCUT2D eigenvalue weighted by Crippen LogP contribution is -2.38. The van der Waals surface area contributed by atoms with Crippen LogP contribution in [0.3, 0.4) is 0 Å². The Hall–Kier alpha value is -2.76. The topological polar surface area (TPSA) is 67.7 Å². The summed E-state index contributed by atoms with van der Waals surface area (Å²) in [5.41, 5.74) is 1.08. The van der Waals surface area contributed by atoms with Crippen molar-refractivity contribution in [2.75, 3.05) is 26.2 Å². The van der Waals surface area contributed by atoms with E-state index in [2.05, 4.69) is 22.5 Å². The van der Waals surface area contributed by atoms with E-state index in [4.69, 9.17) is 4.74 Å². The number of nitrogens with one attached hydrogen (secondary N) is 2. The highest BCUT2D eigenvalue weighted by molar-refractivity contribution is 5.79. The third-order valence-corrected chi connectivity index (χ3v) is 4.30. The van der Waals surface area contributed by atoms with Crippen LogP contribution in [0.1, 0.15) is 31.9 Å². The van der Waals surface area contributed by atoms with E-state index in [1.807, 2.05) is 47.9 Å². The predicted molar refractivity (Wildman–Crippen MR) is 115 cm³/mol. The number of para-hydroxylation sites is 1. The average molecular weight is 385 g/mol. The first kappa shape index (κ1) is 21.5. The number of nitrogens with zero attached hydrogens (tertiary/aromatic N) is 2. The fraction of sp³-hybridized carbons (Fsp3) is 0.455. The average Bonchev–Trinajstić information content (AvgIpc) is 2.70. The van der Waals surface area contributed by atoms with E-state index in [-0.39, 0.29) is 5.56 Å². The van der Waals surface area contributed by atoms with Gasteiger partial charge in [-0.25, -0.2) is 0 Å². The molecule has 6 heteroatoms. The Labute approximate surface area is 167 Å². The Morgan fingerprint density at radius 3 is 2.61 bits per heavy atom. The lowest BCUT2D eigenvalue weighted by molar-refractivity contribution is 0.313. The maximum atomic E-state index is 11.9. The van der Waals surface area contributed by atoms with Crippen molar-refractivity contribution in [3.63, 3.8) is 0 Å². The zero-order chi connectivity index (χ0) is 20.0. The summed E-state index contributed by atoms with van der Waals surface area (Å²) >= 11 is 0. The molecule has 0 saturated heterocycles. The number of benzene rings is 1. The summed E-state index contributed by atoms with van der Waals surface area (Å²) in [7, 11) is 0. The number of aliphatic imine (C=N–C) groups is 1. The summed E-state index contributed by atoms with van der Waals surface area (Å²) in [5.74, 6) is 1.72. The van der Waals surface area contributed by atoms with Crippen molar-refractivity contribution in [2.45, 2.75) is 39.7 Å². The first-order valence-electron chi connectivity index (χ1n) is 10.1. The lowest BCUT2D eigenvalue weighted by Gasteiger charge is -2.12. The Morgan fingerprint density at radius 2 is 1.86 bits per heavy atom. The summed E-state index contributed by atoms with van der Waals surface area (Å²) in [6.07, 6.45) is 2.78. The number of hydrogen-bond donors (Lipinski definition) is 2. The predicted octanol–water partition coefficient (Wildman–Crippen LogP) is 2.96. The van der Waals surface area contributed by atoms with Crippen LogP contribution in [0.2, 0.25) is 0 Å². The lowest BCUT2D eigenvalue weighted by atomic mass is 10.3. The van der Waals surface area contributed by atoms with Gasteiger partial charge in [0, 0.05) is 44.4 Å². The number of hydrogen-bond acceptors (Lipinski definition) is 3. The van der Waals surface area contributed by atoms with Gasteiger partial charge < -0.3 is 19.9 Å². The summed E-state index contributed by atoms with van der Waals surface area (Å²) < 4.78 is 7.51. The van der Waals surface area contributed by atoms with Crippen LogP contribution in [0, 0.1) is 6.92 Å². The minimum Gasteiger partial charge on any atom is -0.494 e. The van der Waals surface area contributed by atoms with Gasteiger partial charge in [-0.05, 0) is 44.9 Å². The third-order valence-electron chi connectivity index (χ3n) is 4.30. The van der Waals surface area contributed by atoms with Crippen LogP contribution in [0.25, 0.3) is 0 Å². The molecule has 0 amide bonds. The van der Waals surface area contributed by atoms with E-state index in [0.29, 0.717) is 13.2 Å². The van der Waals surface area contributed by atoms with Gasteiger partial charge in [0.1, 0.15) is 5.75 Å². The van der Waals surface area contributed by atoms with Crippen LogP contribution in [0.15, 0.2) is 58.3 Å². The molecule has 0 bridgehead atoms. The fourth-order valence-electron chi connectivity index (χ4n) is 2.82. The van der Waals surface area contributed by atoms with E-state index in [1.54, 1.807) is 12.1 Å². The smallest absolute Gasteiger partial charge is 0.250 e. The van der Waals surface area contributed by atoms with E-state index < -0.39 is 0 Å². The van der Waals surface area contributed by atoms with E-state index in [9.17, 15) is 4.79 Å². The van der Waals surface area contributed by atoms with Gasteiger partial charge in [0.2, 0.25) is 0 Å². The molecule has 0 atom stereocenters. The van der Waals surface area contributed by atoms with Crippen LogP contribution in [-0.4, -0.2) is 36.8 Å². The maximum Gasteiger partial charge on any atom is 0.250 e. The van der Waals surface area contributed by atoms with E-state index >= 15 is 0 Å². The molecule has 0 aliphatic heterocycles. The van der Waals surface area contributed by atoms with Gasteiger partial charge in [0.15, 0.2) is 5.96 Å². The molecular formula is C22H32N4O2. The first-order valence-corrected chi connectivity index (χ1v) is 10.1. The molecule has 0 aliphatic rings. The second-order valence-electron chi connectivity index (χ2n) is 6.57. The SMILES string of the molecule is CCNC(=NCCCOc1ccccc1)NCCCCn1c(C)cccc1=O. The number of pyridine rings is 1. The normalized spacial score (nSPS) is 11.3. The van der Waals surface area contributed by atoms with Gasteiger partial charge in [-0.2, -0.15) is 0 Å². The summed E-state index contributed by atoms with van der Waals surface area (Å²) in [6, 6.07) is 15.2. The molecule has 2 rings (SSSR count). The molecule has 0 aliphatic carbocycles. The molecule has 1 aromatic carbocycles. The van der Waals surface area contributed by atoms with Crippen molar-refractivity contribution in [1.29, 1.82) is 0 Å². The first-order chi connectivity index (χ1) is 13.7. The quantitative estimate of drug-likeness (QED) is 0.355. The fourth-order valence-corrected chi connectivity index (χ4v) is 2.82. The number of guanidine groups is 1. The van der Waals surface area contributed by atoms with Crippen LogP contribution in [0.4, 0.5) is 0 Å². The highest BCUT2D eigenvalue weighted by Crippen LogP contribution is 2.08. The van der Waals surface area contributed by atoms with Crippen LogP contribution in [0.5, 0.6) is 5.75 Å². The Kier molecular flexibility index (Phi) is 9.69. The number of aryl methyl sites for hydroxylation is 1. The molecule has 0 spiro atoms. The number of ether oxygens (including phenoxy) is 1. The van der Waals surface area contributed by atoms with Gasteiger partial charge in [-0.3, -0.25) is 9.79 Å². The summed E-state index contributed by atoms with van der Waals surface area (Å²) in [5, 5.41) is 6.62. The largest absolute Gasteiger partial charge is 0.494 e. The molecule has 28 heavy (non-hydrogen) atoms. The zero-order valence-corrected chi connectivity index (χ0v) is 17.0. The van der Waals surface area contributed by atoms with Crippen LogP contribution < -0.4 is 20.9 Å². The molecule has 152 valence electrons. The molecule has 0 saturated carbocycles. The Balaban J connectivity index is 1.64. The van der Waals surface area contributed by atoms with Crippen molar-refractivity contribution >= 4 is 5.96 Å². The van der Waals surface area contributed by atoms with Crippen molar-refractivity contribution < 1.29 is 4.74 Å². The van der Waals surface area contributed by atoms with Crippen molar-refractivity contribution in [1.82, 2.24) is 15.2 Å². The monoisotopic (exact) mass is 384 g/mol. The highest BCUT2D eigenvalue weighted by atomic mass is 16.5. The highest BCUT2D eigenvalue weighted by Gasteiger charge is 2.00. The molecule has 2 N–H and O–H groups in total. The second kappa shape index (κ2) is 12.6. The molecule has 1 heterocycles. The molecule has 1 aromatic heterocycles. The second-order valence-corrected chi connectivity index (χ2v) is 6.57. The molecule has 0 fully saturated rings. The van der Waals surface area contributed by atoms with Crippen LogP contribution >= 0.6 is 0 Å². The Bertz CT molecular complexity index is 772. The number of rotatable bonds is 11. The van der Waals surface area contributed by atoms with Gasteiger partial charge in [0.25, 0.3) is 5.56 Å². The van der Waals surface area contributed by atoms with E-state index in [1.165, 1.54) is 0 Å². The standard InChI is InChI=1S/C22H32N4O2/c1-3-23-22(25-16-10-18-28-20-12-5-4-6-13-20)24-15-7-8-17-26-19(2)11-9-14-21(26)27/h4-6,9,11-14H,3,7-8,10,15-18H2,1-2H3,(H2,23,24,25). The molecule has 6 nitrogen and oxygen atoms in total. The number of aromatic nitrogens is 1. The van der Waals surface area contributed by atoms with Gasteiger partial charge in [-0.1, -0.05) is 24.3 Å². The van der Waals surface area contributed by atoms with Gasteiger partial charge >= 0.3 is 0 Å². The van der Waals surface area contributed by atoms with Crippen molar-refractivity contribution in [2.24, 2.45) is 4.99 Å². The molecule has 2 aromatic rings. The minimum atomic E-state index is 0.0700. The van der Waals surface area contributed by atoms with E-state index in [0.717, 1.165) is 56.3 Å². The number of unbranched alkanes of at least 4 members (excludes halogenated alkanes) is 1. The molecular weight excluding hydrogens is 352 g/mol. The van der Waals surface area contributed by atoms with Gasteiger partial charge in [-0.15, -0.1) is 0 Å². The zero-order valence-electron chi connectivity index (χ0n) is 17.0. The van der Waals surface area contributed by atoms with Gasteiger partial charge in [0.05, 0.1) is 6.61 Å². The third kappa shape index (κ3) is 7.86. The summed E-state index contributed by atoms with van der Waals surface area (Å²) in [6.45, 7) is 7.78. The molecule has 0 unspecified atom stereocenters. The van der Waals surface area contributed by atoms with Crippen LogP contribution in [-0.2, 0) is 6.54 Å². The minimum absolute atomic E-state index is 0.0700. The van der Waals surface area contributed by atoms with Crippen molar-refractivity contribution in [3.05, 3.63) is 64.6 Å². The Morgan fingerprint density at radius 1 is 1.04 bits per heavy atom. The maximum absolute atomic E-state index is 11.9. The molecule has 0 radical (unpaired) electrons. The summed E-state index contributed by atoms with van der Waals surface area (Å²) in [4.78, 5) is 16.5. The van der Waals surface area contributed by atoms with Crippen molar-refractivity contribution in [3.8, 4) is 5.75 Å².